The molecular weight excluding hydrogens is 264 g/mol. The van der Waals surface area contributed by atoms with Gasteiger partial charge in [-0.15, -0.1) is 0 Å². The Labute approximate surface area is 128 Å². The van der Waals surface area contributed by atoms with Crippen LogP contribution in [-0.2, 0) is 4.79 Å². The molecule has 2 unspecified atom stereocenters. The number of rotatable bonds is 8. The van der Waals surface area contributed by atoms with E-state index in [0.717, 1.165) is 24.3 Å². The lowest BCUT2D eigenvalue weighted by Gasteiger charge is -2.18. The lowest BCUT2D eigenvalue weighted by molar-refractivity contribution is -0.127. The summed E-state index contributed by atoms with van der Waals surface area (Å²) in [5.74, 6) is 0.697. The molecule has 118 valence electrons. The predicted octanol–water partition coefficient (Wildman–Crippen LogP) is 2.96. The van der Waals surface area contributed by atoms with Crippen molar-refractivity contribution in [2.75, 3.05) is 13.1 Å². The molecule has 2 N–H and O–H groups in total. The summed E-state index contributed by atoms with van der Waals surface area (Å²) in [4.78, 5) is 11.8. The molecule has 0 aliphatic heterocycles. The molecule has 0 heterocycles. The average Bonchev–Trinajstić information content (AvgIpc) is 2.46. The molecule has 21 heavy (non-hydrogen) atoms. The van der Waals surface area contributed by atoms with Crippen LogP contribution in [0.3, 0.4) is 0 Å². The molecule has 4 heteroatoms. The van der Waals surface area contributed by atoms with Gasteiger partial charge in [-0.1, -0.05) is 26.0 Å². The molecule has 1 aromatic rings. The Morgan fingerprint density at radius 2 is 2.00 bits per heavy atom. The van der Waals surface area contributed by atoms with Gasteiger partial charge in [-0.25, -0.2) is 0 Å². The van der Waals surface area contributed by atoms with Gasteiger partial charge in [0.1, 0.15) is 5.75 Å². The van der Waals surface area contributed by atoms with E-state index in [0.29, 0.717) is 12.6 Å². The zero-order valence-electron chi connectivity index (χ0n) is 13.8. The van der Waals surface area contributed by atoms with E-state index in [2.05, 4.69) is 30.5 Å². The van der Waals surface area contributed by atoms with Crippen molar-refractivity contribution in [1.82, 2.24) is 10.6 Å². The van der Waals surface area contributed by atoms with Crippen LogP contribution < -0.4 is 15.4 Å². The van der Waals surface area contributed by atoms with E-state index < -0.39 is 6.10 Å². The Hall–Kier alpha value is -1.55. The first-order chi connectivity index (χ1) is 9.99. The van der Waals surface area contributed by atoms with Crippen molar-refractivity contribution in [3.8, 4) is 5.75 Å². The first-order valence-electron chi connectivity index (χ1n) is 7.77. The number of hydrogen-bond donors (Lipinski definition) is 2. The van der Waals surface area contributed by atoms with Gasteiger partial charge in [-0.3, -0.25) is 4.79 Å². The van der Waals surface area contributed by atoms with Crippen LogP contribution >= 0.6 is 0 Å². The molecule has 0 bridgehead atoms. The zero-order valence-corrected chi connectivity index (χ0v) is 13.8. The Balaban J connectivity index is 2.70. The molecule has 0 aromatic heterocycles. The van der Waals surface area contributed by atoms with Crippen molar-refractivity contribution in [3.63, 3.8) is 0 Å². The van der Waals surface area contributed by atoms with Gasteiger partial charge in [-0.2, -0.15) is 0 Å². The minimum Gasteiger partial charge on any atom is -0.481 e. The van der Waals surface area contributed by atoms with Crippen molar-refractivity contribution in [2.45, 2.75) is 53.2 Å². The van der Waals surface area contributed by atoms with Crippen LogP contribution in [0.5, 0.6) is 5.75 Å². The third-order valence-electron chi connectivity index (χ3n) is 3.43. The molecule has 0 aliphatic rings. The van der Waals surface area contributed by atoms with Crippen LogP contribution in [0.1, 0.15) is 51.3 Å². The van der Waals surface area contributed by atoms with Gasteiger partial charge in [0.05, 0.1) is 0 Å². The Bertz CT molecular complexity index is 460. The van der Waals surface area contributed by atoms with Gasteiger partial charge in [0.25, 0.3) is 5.91 Å². The molecule has 0 spiro atoms. The lowest BCUT2D eigenvalue weighted by Crippen LogP contribution is -2.36. The SMILES string of the molecule is CCCNC(=O)C(C)Oc1ccc(C(C)NCC)cc1C. The summed E-state index contributed by atoms with van der Waals surface area (Å²) in [6, 6.07) is 6.42. The second-order valence-electron chi connectivity index (χ2n) is 5.36. The van der Waals surface area contributed by atoms with E-state index >= 15 is 0 Å². The Kier molecular flexibility index (Phi) is 7.23. The first-order valence-corrected chi connectivity index (χ1v) is 7.77. The molecule has 4 nitrogen and oxygen atoms in total. The Morgan fingerprint density at radius 1 is 1.29 bits per heavy atom. The number of aryl methyl sites for hydroxylation is 1. The van der Waals surface area contributed by atoms with E-state index in [1.807, 2.05) is 26.0 Å². The Morgan fingerprint density at radius 3 is 2.57 bits per heavy atom. The van der Waals surface area contributed by atoms with Crippen molar-refractivity contribution in [2.24, 2.45) is 0 Å². The monoisotopic (exact) mass is 292 g/mol. The molecular formula is C17H28N2O2. The first kappa shape index (κ1) is 17.5. The maximum atomic E-state index is 11.8. The van der Waals surface area contributed by atoms with E-state index in [1.165, 1.54) is 5.56 Å². The standard InChI is InChI=1S/C17H28N2O2/c1-6-10-19-17(20)14(5)21-16-9-8-15(11-12(16)3)13(4)18-7-2/h8-9,11,13-14,18H,6-7,10H2,1-5H3,(H,19,20). The summed E-state index contributed by atoms with van der Waals surface area (Å²) in [6.07, 6.45) is 0.446. The highest BCUT2D eigenvalue weighted by molar-refractivity contribution is 5.80. The summed E-state index contributed by atoms with van der Waals surface area (Å²) in [6.45, 7) is 11.7. The molecule has 0 fully saturated rings. The normalized spacial score (nSPS) is 13.6. The van der Waals surface area contributed by atoms with Gasteiger partial charge in [0, 0.05) is 12.6 Å². The van der Waals surface area contributed by atoms with Crippen LogP contribution in [0.15, 0.2) is 18.2 Å². The summed E-state index contributed by atoms with van der Waals surface area (Å²) in [5.41, 5.74) is 2.28. The van der Waals surface area contributed by atoms with E-state index in [1.54, 1.807) is 6.92 Å². The van der Waals surface area contributed by atoms with E-state index in [9.17, 15) is 4.79 Å². The second-order valence-corrected chi connectivity index (χ2v) is 5.36. The molecule has 1 aromatic carbocycles. The number of benzene rings is 1. The number of carbonyl (C=O) groups excluding carboxylic acids is 1. The highest BCUT2D eigenvalue weighted by atomic mass is 16.5. The summed E-state index contributed by atoms with van der Waals surface area (Å²) in [5, 5.41) is 6.23. The van der Waals surface area contributed by atoms with Gasteiger partial charge >= 0.3 is 0 Å². The largest absolute Gasteiger partial charge is 0.481 e. The fourth-order valence-corrected chi connectivity index (χ4v) is 2.13. The van der Waals surface area contributed by atoms with E-state index in [4.69, 9.17) is 4.74 Å². The average molecular weight is 292 g/mol. The summed E-state index contributed by atoms with van der Waals surface area (Å²) >= 11 is 0. The van der Waals surface area contributed by atoms with Crippen molar-refractivity contribution >= 4 is 5.91 Å². The van der Waals surface area contributed by atoms with Crippen molar-refractivity contribution < 1.29 is 9.53 Å². The fraction of sp³-hybridized carbons (Fsp3) is 0.588. The van der Waals surface area contributed by atoms with Crippen LogP contribution in [0, 0.1) is 6.92 Å². The third-order valence-corrected chi connectivity index (χ3v) is 3.43. The van der Waals surface area contributed by atoms with Gasteiger partial charge in [0.15, 0.2) is 6.10 Å². The molecule has 0 aliphatic carbocycles. The summed E-state index contributed by atoms with van der Waals surface area (Å²) in [7, 11) is 0. The van der Waals surface area contributed by atoms with Gasteiger partial charge in [-0.05, 0) is 50.9 Å². The molecule has 0 saturated heterocycles. The topological polar surface area (TPSA) is 50.4 Å². The van der Waals surface area contributed by atoms with Crippen molar-refractivity contribution in [3.05, 3.63) is 29.3 Å². The number of amides is 1. The predicted molar refractivity (Wildman–Crippen MR) is 86.7 cm³/mol. The molecule has 1 rings (SSSR count). The quantitative estimate of drug-likeness (QED) is 0.774. The van der Waals surface area contributed by atoms with Crippen LogP contribution in [-0.4, -0.2) is 25.1 Å². The number of carbonyl (C=O) groups is 1. The number of hydrogen-bond acceptors (Lipinski definition) is 3. The highest BCUT2D eigenvalue weighted by Gasteiger charge is 2.15. The molecule has 2 atom stereocenters. The lowest BCUT2D eigenvalue weighted by atomic mass is 10.0. The third kappa shape index (κ3) is 5.38. The van der Waals surface area contributed by atoms with Crippen LogP contribution in [0.25, 0.3) is 0 Å². The van der Waals surface area contributed by atoms with E-state index in [-0.39, 0.29) is 5.91 Å². The minimum absolute atomic E-state index is 0.0682. The maximum absolute atomic E-state index is 11.8. The van der Waals surface area contributed by atoms with Gasteiger partial charge < -0.3 is 15.4 Å². The minimum atomic E-state index is -0.479. The molecule has 0 saturated carbocycles. The number of nitrogens with one attached hydrogen (secondary N) is 2. The fourth-order valence-electron chi connectivity index (χ4n) is 2.13. The van der Waals surface area contributed by atoms with Gasteiger partial charge in [0.2, 0.25) is 0 Å². The second kappa shape index (κ2) is 8.67. The maximum Gasteiger partial charge on any atom is 0.260 e. The van der Waals surface area contributed by atoms with Crippen LogP contribution in [0.4, 0.5) is 0 Å². The zero-order chi connectivity index (χ0) is 15.8. The highest BCUT2D eigenvalue weighted by Crippen LogP contribution is 2.23. The molecule has 1 amide bonds. The molecule has 0 radical (unpaired) electrons. The smallest absolute Gasteiger partial charge is 0.260 e. The summed E-state index contributed by atoms with van der Waals surface area (Å²) < 4.78 is 5.77. The van der Waals surface area contributed by atoms with Crippen LogP contribution in [0.2, 0.25) is 0 Å². The number of ether oxygens (including phenoxy) is 1. The van der Waals surface area contributed by atoms with Crippen molar-refractivity contribution in [1.29, 1.82) is 0 Å².